The van der Waals surface area contributed by atoms with Gasteiger partial charge in [-0.1, -0.05) is 15.9 Å². The Morgan fingerprint density at radius 2 is 2.12 bits per heavy atom. The number of aryl methyl sites for hydroxylation is 1. The number of benzene rings is 1. The van der Waals surface area contributed by atoms with E-state index in [0.29, 0.717) is 5.56 Å². The van der Waals surface area contributed by atoms with E-state index in [-0.39, 0.29) is 18.9 Å². The predicted octanol–water partition coefficient (Wildman–Crippen LogP) is 1.96. The summed E-state index contributed by atoms with van der Waals surface area (Å²) < 4.78 is 0.939. The Balaban J connectivity index is 2.59. The molecule has 5 heteroatoms. The lowest BCUT2D eigenvalue weighted by molar-refractivity contribution is -0.136. The monoisotopic (exact) mass is 285 g/mol. The first-order valence-electron chi connectivity index (χ1n) is 4.77. The fourth-order valence-electron chi connectivity index (χ4n) is 1.17. The molecule has 0 radical (unpaired) electrons. The summed E-state index contributed by atoms with van der Waals surface area (Å²) in [4.78, 5) is 21.8. The maximum absolute atomic E-state index is 11.6. The number of rotatable bonds is 4. The van der Waals surface area contributed by atoms with Crippen molar-refractivity contribution in [3.8, 4) is 0 Å². The summed E-state index contributed by atoms with van der Waals surface area (Å²) in [6.07, 6.45) is -0.0682. The van der Waals surface area contributed by atoms with E-state index in [9.17, 15) is 9.59 Å². The van der Waals surface area contributed by atoms with Gasteiger partial charge in [0.2, 0.25) is 0 Å². The zero-order valence-corrected chi connectivity index (χ0v) is 10.4. The number of halogens is 1. The lowest BCUT2D eigenvalue weighted by atomic mass is 10.1. The van der Waals surface area contributed by atoms with Crippen molar-refractivity contribution in [2.24, 2.45) is 0 Å². The Hall–Kier alpha value is -1.36. The number of aliphatic carboxylic acids is 1. The molecule has 0 bridgehead atoms. The highest BCUT2D eigenvalue weighted by molar-refractivity contribution is 9.10. The molecule has 0 atom stereocenters. The van der Waals surface area contributed by atoms with E-state index in [0.717, 1.165) is 10.0 Å². The van der Waals surface area contributed by atoms with Gasteiger partial charge in [0.1, 0.15) is 0 Å². The van der Waals surface area contributed by atoms with Gasteiger partial charge in [-0.3, -0.25) is 9.59 Å². The van der Waals surface area contributed by atoms with Crippen molar-refractivity contribution in [1.29, 1.82) is 0 Å². The Kier molecular flexibility index (Phi) is 4.49. The molecular weight excluding hydrogens is 274 g/mol. The largest absolute Gasteiger partial charge is 0.481 e. The van der Waals surface area contributed by atoms with Gasteiger partial charge >= 0.3 is 5.97 Å². The van der Waals surface area contributed by atoms with Crippen molar-refractivity contribution in [3.05, 3.63) is 33.8 Å². The van der Waals surface area contributed by atoms with Crippen molar-refractivity contribution in [2.75, 3.05) is 6.54 Å². The Bertz CT molecular complexity index is 418. The van der Waals surface area contributed by atoms with Crippen LogP contribution < -0.4 is 5.32 Å². The second-order valence-electron chi connectivity index (χ2n) is 3.36. The van der Waals surface area contributed by atoms with Gasteiger partial charge < -0.3 is 10.4 Å². The van der Waals surface area contributed by atoms with E-state index in [2.05, 4.69) is 21.2 Å². The molecule has 0 aliphatic heterocycles. The Morgan fingerprint density at radius 1 is 1.44 bits per heavy atom. The predicted molar refractivity (Wildman–Crippen MR) is 63.5 cm³/mol. The number of hydrogen-bond acceptors (Lipinski definition) is 2. The Labute approximate surface area is 102 Å². The van der Waals surface area contributed by atoms with Crippen LogP contribution >= 0.6 is 15.9 Å². The molecule has 0 aromatic heterocycles. The zero-order chi connectivity index (χ0) is 12.1. The average Bonchev–Trinajstić information content (AvgIpc) is 2.21. The van der Waals surface area contributed by atoms with E-state index < -0.39 is 5.97 Å². The lowest BCUT2D eigenvalue weighted by Crippen LogP contribution is -2.26. The Morgan fingerprint density at radius 3 is 2.69 bits per heavy atom. The van der Waals surface area contributed by atoms with Gasteiger partial charge in [0.05, 0.1) is 6.42 Å². The zero-order valence-electron chi connectivity index (χ0n) is 8.79. The van der Waals surface area contributed by atoms with Crippen molar-refractivity contribution >= 4 is 27.8 Å². The van der Waals surface area contributed by atoms with Crippen LogP contribution in [0.15, 0.2) is 22.7 Å². The van der Waals surface area contributed by atoms with Gasteiger partial charge in [-0.15, -0.1) is 0 Å². The number of carboxylic acid groups (broad SMARTS) is 1. The smallest absolute Gasteiger partial charge is 0.305 e. The molecule has 1 amide bonds. The molecule has 16 heavy (non-hydrogen) atoms. The van der Waals surface area contributed by atoms with Crippen LogP contribution in [0.1, 0.15) is 22.3 Å². The number of carbonyl (C=O) groups excluding carboxylic acids is 1. The third-order valence-corrected chi connectivity index (χ3v) is 2.93. The van der Waals surface area contributed by atoms with E-state index in [1.165, 1.54) is 0 Å². The molecule has 0 aliphatic carbocycles. The average molecular weight is 286 g/mol. The van der Waals surface area contributed by atoms with Crippen molar-refractivity contribution in [1.82, 2.24) is 5.32 Å². The van der Waals surface area contributed by atoms with Crippen LogP contribution in [-0.2, 0) is 4.79 Å². The number of hydrogen-bond donors (Lipinski definition) is 2. The van der Waals surface area contributed by atoms with Gasteiger partial charge in [0.25, 0.3) is 5.91 Å². The minimum absolute atomic E-state index is 0.0682. The van der Waals surface area contributed by atoms with Crippen LogP contribution in [0.5, 0.6) is 0 Å². The van der Waals surface area contributed by atoms with Crippen LogP contribution in [0.25, 0.3) is 0 Å². The SMILES string of the molecule is Cc1cc(C(=O)NCCC(=O)O)ccc1Br. The van der Waals surface area contributed by atoms with E-state index in [4.69, 9.17) is 5.11 Å². The number of carboxylic acids is 1. The molecular formula is C11H12BrNO3. The van der Waals surface area contributed by atoms with Crippen LogP contribution in [0.2, 0.25) is 0 Å². The topological polar surface area (TPSA) is 66.4 Å². The second-order valence-corrected chi connectivity index (χ2v) is 4.22. The molecule has 2 N–H and O–H groups in total. The summed E-state index contributed by atoms with van der Waals surface area (Å²) >= 11 is 3.34. The number of nitrogens with one attached hydrogen (secondary N) is 1. The third kappa shape index (κ3) is 3.66. The van der Waals surface area contributed by atoms with Crippen LogP contribution in [0, 0.1) is 6.92 Å². The molecule has 0 saturated carbocycles. The van der Waals surface area contributed by atoms with E-state index in [1.54, 1.807) is 18.2 Å². The van der Waals surface area contributed by atoms with Gasteiger partial charge in [-0.05, 0) is 30.7 Å². The molecule has 0 unspecified atom stereocenters. The summed E-state index contributed by atoms with van der Waals surface area (Å²) in [6, 6.07) is 5.23. The molecule has 0 saturated heterocycles. The molecule has 1 aromatic rings. The molecule has 0 spiro atoms. The molecule has 86 valence electrons. The summed E-state index contributed by atoms with van der Waals surface area (Å²) in [5.74, 6) is -1.18. The maximum Gasteiger partial charge on any atom is 0.305 e. The lowest BCUT2D eigenvalue weighted by Gasteiger charge is -2.05. The first-order chi connectivity index (χ1) is 7.50. The highest BCUT2D eigenvalue weighted by Crippen LogP contribution is 2.16. The summed E-state index contributed by atoms with van der Waals surface area (Å²) in [7, 11) is 0. The third-order valence-electron chi connectivity index (χ3n) is 2.04. The molecule has 0 aliphatic rings. The van der Waals surface area contributed by atoms with Crippen LogP contribution in [0.4, 0.5) is 0 Å². The summed E-state index contributed by atoms with van der Waals surface area (Å²) in [5, 5.41) is 11.0. The standard InChI is InChI=1S/C11H12BrNO3/c1-7-6-8(2-3-9(7)12)11(16)13-5-4-10(14)15/h2-3,6H,4-5H2,1H3,(H,13,16)(H,14,15). The quantitative estimate of drug-likeness (QED) is 0.889. The fraction of sp³-hybridized carbons (Fsp3) is 0.273. The summed E-state index contributed by atoms with van der Waals surface area (Å²) in [6.45, 7) is 2.03. The molecule has 1 aromatic carbocycles. The highest BCUT2D eigenvalue weighted by Gasteiger charge is 2.07. The van der Waals surface area contributed by atoms with Crippen molar-refractivity contribution in [2.45, 2.75) is 13.3 Å². The molecule has 0 heterocycles. The second kappa shape index (κ2) is 5.65. The highest BCUT2D eigenvalue weighted by atomic mass is 79.9. The van der Waals surface area contributed by atoms with E-state index in [1.807, 2.05) is 6.92 Å². The minimum atomic E-state index is -0.924. The van der Waals surface area contributed by atoms with Gasteiger partial charge in [-0.2, -0.15) is 0 Å². The van der Waals surface area contributed by atoms with Gasteiger partial charge in [0.15, 0.2) is 0 Å². The van der Waals surface area contributed by atoms with Gasteiger partial charge in [-0.25, -0.2) is 0 Å². The normalized spacial score (nSPS) is 9.88. The first-order valence-corrected chi connectivity index (χ1v) is 5.56. The minimum Gasteiger partial charge on any atom is -0.481 e. The van der Waals surface area contributed by atoms with Crippen molar-refractivity contribution < 1.29 is 14.7 Å². The number of carbonyl (C=O) groups is 2. The number of amides is 1. The molecule has 0 fully saturated rings. The van der Waals surface area contributed by atoms with Crippen molar-refractivity contribution in [3.63, 3.8) is 0 Å². The molecule has 4 nitrogen and oxygen atoms in total. The maximum atomic E-state index is 11.6. The molecule has 1 rings (SSSR count). The van der Waals surface area contributed by atoms with E-state index >= 15 is 0 Å². The summed E-state index contributed by atoms with van der Waals surface area (Å²) in [5.41, 5.74) is 1.50. The van der Waals surface area contributed by atoms with Crippen LogP contribution in [0.3, 0.4) is 0 Å². The van der Waals surface area contributed by atoms with Crippen LogP contribution in [-0.4, -0.2) is 23.5 Å². The fourth-order valence-corrected chi connectivity index (χ4v) is 1.42. The first kappa shape index (κ1) is 12.7. The van der Waals surface area contributed by atoms with Gasteiger partial charge in [0, 0.05) is 16.6 Å².